The Bertz CT molecular complexity index is 506. The van der Waals surface area contributed by atoms with E-state index in [0.29, 0.717) is 5.56 Å². The highest BCUT2D eigenvalue weighted by molar-refractivity contribution is 5.66. The van der Waals surface area contributed by atoms with Gasteiger partial charge < -0.3 is 10.8 Å². The molecule has 9 nitrogen and oxygen atoms in total. The first-order valence-corrected chi connectivity index (χ1v) is 4.22. The molecule has 0 aliphatic heterocycles. The van der Waals surface area contributed by atoms with Crippen LogP contribution in [0.4, 0.5) is 5.95 Å². The molecule has 0 fully saturated rings. The Labute approximate surface area is 88.9 Å². The minimum absolute atomic E-state index is 0.140. The van der Waals surface area contributed by atoms with Gasteiger partial charge in [0.1, 0.15) is 0 Å². The number of nitrogen functional groups attached to an aromatic ring is 1. The fraction of sp³-hybridized carbons (Fsp3) is 0.143. The molecule has 16 heavy (non-hydrogen) atoms. The molecule has 3 N–H and O–H groups in total. The van der Waals surface area contributed by atoms with Crippen molar-refractivity contribution in [2.75, 3.05) is 5.73 Å². The summed E-state index contributed by atoms with van der Waals surface area (Å²) >= 11 is 0. The zero-order chi connectivity index (χ0) is 11.5. The first kappa shape index (κ1) is 9.96. The van der Waals surface area contributed by atoms with E-state index in [0.717, 1.165) is 4.80 Å². The molecule has 2 heterocycles. The van der Waals surface area contributed by atoms with Crippen molar-refractivity contribution in [1.29, 1.82) is 0 Å². The van der Waals surface area contributed by atoms with Gasteiger partial charge in [0, 0.05) is 12.4 Å². The second-order valence-corrected chi connectivity index (χ2v) is 2.87. The maximum Gasteiger partial charge on any atom is 0.327 e. The van der Waals surface area contributed by atoms with Crippen LogP contribution in [0.5, 0.6) is 0 Å². The molecule has 0 bridgehead atoms. The van der Waals surface area contributed by atoms with Gasteiger partial charge in [0.15, 0.2) is 6.54 Å². The van der Waals surface area contributed by atoms with Crippen LogP contribution in [0.3, 0.4) is 0 Å². The molecule has 0 atom stereocenters. The average Bonchev–Trinajstić information content (AvgIpc) is 2.66. The molecule has 0 radical (unpaired) electrons. The number of carboxylic acid groups (broad SMARTS) is 1. The van der Waals surface area contributed by atoms with Crippen molar-refractivity contribution in [1.82, 2.24) is 30.2 Å². The van der Waals surface area contributed by atoms with Crippen LogP contribution in [0.15, 0.2) is 12.4 Å². The average molecular weight is 221 g/mol. The van der Waals surface area contributed by atoms with E-state index < -0.39 is 5.97 Å². The molecule has 2 rings (SSSR count). The van der Waals surface area contributed by atoms with Crippen molar-refractivity contribution in [2.45, 2.75) is 6.54 Å². The number of aromatic nitrogens is 6. The normalized spacial score (nSPS) is 10.2. The summed E-state index contributed by atoms with van der Waals surface area (Å²) in [5.74, 6) is -0.652. The number of hydrogen-bond donors (Lipinski definition) is 2. The number of nitrogens with zero attached hydrogens (tertiary/aromatic N) is 6. The first-order valence-electron chi connectivity index (χ1n) is 4.22. The highest BCUT2D eigenvalue weighted by Crippen LogP contribution is 2.10. The molecule has 0 aromatic carbocycles. The van der Waals surface area contributed by atoms with Gasteiger partial charge in [-0.25, -0.2) is 9.97 Å². The third-order valence-corrected chi connectivity index (χ3v) is 1.66. The summed E-state index contributed by atoms with van der Waals surface area (Å²) in [4.78, 5) is 18.9. The fourth-order valence-electron chi connectivity index (χ4n) is 1.00. The predicted octanol–water partition coefficient (Wildman–Crippen LogP) is -1.20. The van der Waals surface area contributed by atoms with Crippen molar-refractivity contribution in [3.05, 3.63) is 12.4 Å². The summed E-state index contributed by atoms with van der Waals surface area (Å²) in [6.07, 6.45) is 2.87. The van der Waals surface area contributed by atoms with E-state index in [4.69, 9.17) is 10.8 Å². The lowest BCUT2D eigenvalue weighted by atomic mass is 10.3. The number of nitrogens with two attached hydrogens (primary N) is 1. The molecule has 0 aliphatic carbocycles. The number of carbonyl (C=O) groups is 1. The molecule has 0 unspecified atom stereocenters. The van der Waals surface area contributed by atoms with Crippen LogP contribution in [-0.4, -0.2) is 41.3 Å². The lowest BCUT2D eigenvalue weighted by Gasteiger charge is -1.93. The van der Waals surface area contributed by atoms with Gasteiger partial charge in [0.2, 0.25) is 11.8 Å². The number of rotatable bonds is 3. The molecule has 0 saturated heterocycles. The van der Waals surface area contributed by atoms with Crippen molar-refractivity contribution in [3.8, 4) is 11.4 Å². The molecule has 9 heteroatoms. The highest BCUT2D eigenvalue weighted by atomic mass is 16.4. The Balaban J connectivity index is 2.24. The number of carboxylic acids is 1. The van der Waals surface area contributed by atoms with Crippen LogP contribution in [0.25, 0.3) is 11.4 Å². The van der Waals surface area contributed by atoms with Crippen molar-refractivity contribution in [3.63, 3.8) is 0 Å². The standard InChI is InChI=1S/C7H7N7O2/c8-7-9-1-4(2-10-7)6-11-13-14(12-6)3-5(15)16/h1-2H,3H2,(H,15,16)(H2,8,9,10). The fourth-order valence-corrected chi connectivity index (χ4v) is 1.00. The van der Waals surface area contributed by atoms with E-state index in [1.54, 1.807) is 0 Å². The number of tetrazole rings is 1. The van der Waals surface area contributed by atoms with Crippen LogP contribution in [0.2, 0.25) is 0 Å². The molecule has 2 aromatic heterocycles. The van der Waals surface area contributed by atoms with Gasteiger partial charge in [-0.2, -0.15) is 4.80 Å². The quantitative estimate of drug-likeness (QED) is 0.660. The van der Waals surface area contributed by atoms with Gasteiger partial charge in [-0.3, -0.25) is 4.79 Å². The van der Waals surface area contributed by atoms with Crippen LogP contribution in [0.1, 0.15) is 0 Å². The maximum atomic E-state index is 10.4. The van der Waals surface area contributed by atoms with Crippen LogP contribution in [-0.2, 0) is 11.3 Å². The Morgan fingerprint density at radius 3 is 2.75 bits per heavy atom. The second kappa shape index (κ2) is 3.88. The van der Waals surface area contributed by atoms with E-state index in [-0.39, 0.29) is 18.3 Å². The molecule has 82 valence electrons. The zero-order valence-corrected chi connectivity index (χ0v) is 7.98. The largest absolute Gasteiger partial charge is 0.480 e. The van der Waals surface area contributed by atoms with Gasteiger partial charge >= 0.3 is 5.97 Å². The summed E-state index contributed by atoms with van der Waals surface area (Å²) < 4.78 is 0. The van der Waals surface area contributed by atoms with E-state index >= 15 is 0 Å². The lowest BCUT2D eigenvalue weighted by Crippen LogP contribution is -2.11. The third kappa shape index (κ3) is 2.08. The molecule has 0 spiro atoms. The second-order valence-electron chi connectivity index (χ2n) is 2.87. The molecule has 0 amide bonds. The Morgan fingerprint density at radius 2 is 2.12 bits per heavy atom. The van der Waals surface area contributed by atoms with Gasteiger partial charge in [-0.15, -0.1) is 10.2 Å². The van der Waals surface area contributed by atoms with Crippen LogP contribution < -0.4 is 5.73 Å². The molecule has 0 saturated carbocycles. The Hall–Kier alpha value is -2.58. The molecular weight excluding hydrogens is 214 g/mol. The maximum absolute atomic E-state index is 10.4. The molecule has 2 aromatic rings. The van der Waals surface area contributed by atoms with Crippen LogP contribution >= 0.6 is 0 Å². The highest BCUT2D eigenvalue weighted by Gasteiger charge is 2.08. The first-order chi connectivity index (χ1) is 7.65. The van der Waals surface area contributed by atoms with Gasteiger partial charge in [0.25, 0.3) is 0 Å². The number of anilines is 1. The topological polar surface area (TPSA) is 133 Å². The minimum atomic E-state index is -1.04. The SMILES string of the molecule is Nc1ncc(-c2nnn(CC(=O)O)n2)cn1. The Morgan fingerprint density at radius 1 is 1.44 bits per heavy atom. The van der Waals surface area contributed by atoms with Crippen molar-refractivity contribution < 1.29 is 9.90 Å². The van der Waals surface area contributed by atoms with Gasteiger partial charge in [0.05, 0.1) is 5.56 Å². The number of aliphatic carboxylic acids is 1. The monoisotopic (exact) mass is 221 g/mol. The number of hydrogen-bond acceptors (Lipinski definition) is 7. The lowest BCUT2D eigenvalue weighted by molar-refractivity contribution is -0.138. The summed E-state index contributed by atoms with van der Waals surface area (Å²) in [5.41, 5.74) is 5.83. The van der Waals surface area contributed by atoms with Gasteiger partial charge in [-0.1, -0.05) is 0 Å². The van der Waals surface area contributed by atoms with E-state index in [9.17, 15) is 4.79 Å². The minimum Gasteiger partial charge on any atom is -0.480 e. The predicted molar refractivity (Wildman–Crippen MR) is 50.9 cm³/mol. The summed E-state index contributed by atoms with van der Waals surface area (Å²) in [6.45, 7) is -0.344. The van der Waals surface area contributed by atoms with Crippen molar-refractivity contribution >= 4 is 11.9 Å². The Kier molecular flexibility index (Phi) is 2.42. The summed E-state index contributed by atoms with van der Waals surface area (Å²) in [7, 11) is 0. The zero-order valence-electron chi connectivity index (χ0n) is 7.98. The van der Waals surface area contributed by atoms with Gasteiger partial charge in [-0.05, 0) is 5.21 Å². The van der Waals surface area contributed by atoms with E-state index in [2.05, 4.69) is 25.4 Å². The van der Waals surface area contributed by atoms with Crippen molar-refractivity contribution in [2.24, 2.45) is 0 Å². The summed E-state index contributed by atoms with van der Waals surface area (Å²) in [6, 6.07) is 0. The van der Waals surface area contributed by atoms with E-state index in [1.807, 2.05) is 0 Å². The van der Waals surface area contributed by atoms with Crippen LogP contribution in [0, 0.1) is 0 Å². The molecular formula is C7H7N7O2. The third-order valence-electron chi connectivity index (χ3n) is 1.66. The smallest absolute Gasteiger partial charge is 0.327 e. The molecule has 0 aliphatic rings. The van der Waals surface area contributed by atoms with E-state index in [1.165, 1.54) is 12.4 Å². The summed E-state index contributed by atoms with van der Waals surface area (Å²) in [5, 5.41) is 19.6.